The molecule has 0 radical (unpaired) electrons. The molecule has 1 nitrogen and oxygen atoms in total. The SMILES string of the molecule is CCC(C)(C)CNCc1ccc(C)cc1. The number of nitrogens with one attached hydrogen (secondary N) is 1. The van der Waals surface area contributed by atoms with E-state index in [1.807, 2.05) is 0 Å². The zero-order valence-electron chi connectivity index (χ0n) is 10.4. The van der Waals surface area contributed by atoms with Crippen LogP contribution < -0.4 is 5.32 Å². The molecule has 0 amide bonds. The molecule has 1 aromatic carbocycles. The van der Waals surface area contributed by atoms with Crippen molar-refractivity contribution < 1.29 is 0 Å². The molecular formula is C14H23N. The molecule has 0 saturated heterocycles. The highest BCUT2D eigenvalue weighted by atomic mass is 14.9. The van der Waals surface area contributed by atoms with E-state index in [1.54, 1.807) is 0 Å². The van der Waals surface area contributed by atoms with Gasteiger partial charge in [-0.25, -0.2) is 0 Å². The summed E-state index contributed by atoms with van der Waals surface area (Å²) in [4.78, 5) is 0. The Morgan fingerprint density at radius 1 is 1.13 bits per heavy atom. The van der Waals surface area contributed by atoms with E-state index in [4.69, 9.17) is 0 Å². The normalized spacial score (nSPS) is 11.7. The van der Waals surface area contributed by atoms with Crippen molar-refractivity contribution in [3.05, 3.63) is 35.4 Å². The lowest BCUT2D eigenvalue weighted by Crippen LogP contribution is -2.28. The monoisotopic (exact) mass is 205 g/mol. The maximum Gasteiger partial charge on any atom is 0.0205 e. The topological polar surface area (TPSA) is 12.0 Å². The zero-order chi connectivity index (χ0) is 11.3. The molecule has 0 aromatic heterocycles. The Morgan fingerprint density at radius 2 is 1.73 bits per heavy atom. The van der Waals surface area contributed by atoms with Crippen molar-refractivity contribution in [3.8, 4) is 0 Å². The number of aryl methyl sites for hydroxylation is 1. The van der Waals surface area contributed by atoms with E-state index < -0.39 is 0 Å². The third kappa shape index (κ3) is 4.48. The van der Waals surface area contributed by atoms with Crippen LogP contribution in [0.4, 0.5) is 0 Å². The quantitative estimate of drug-likeness (QED) is 0.775. The van der Waals surface area contributed by atoms with Crippen molar-refractivity contribution in [1.29, 1.82) is 0 Å². The summed E-state index contributed by atoms with van der Waals surface area (Å²) in [5, 5.41) is 3.51. The van der Waals surface area contributed by atoms with E-state index in [-0.39, 0.29) is 0 Å². The van der Waals surface area contributed by atoms with Crippen LogP contribution in [0.5, 0.6) is 0 Å². The molecule has 0 saturated carbocycles. The average Bonchev–Trinajstić information content (AvgIpc) is 2.21. The number of hydrogen-bond donors (Lipinski definition) is 1. The fourth-order valence-corrected chi connectivity index (χ4v) is 1.38. The van der Waals surface area contributed by atoms with Gasteiger partial charge in [0.05, 0.1) is 0 Å². The largest absolute Gasteiger partial charge is 0.312 e. The van der Waals surface area contributed by atoms with E-state index in [2.05, 4.69) is 57.3 Å². The summed E-state index contributed by atoms with van der Waals surface area (Å²) >= 11 is 0. The van der Waals surface area contributed by atoms with Crippen LogP contribution in [-0.2, 0) is 6.54 Å². The van der Waals surface area contributed by atoms with Crippen molar-refractivity contribution in [1.82, 2.24) is 5.32 Å². The fourth-order valence-electron chi connectivity index (χ4n) is 1.38. The molecule has 84 valence electrons. The second-order valence-electron chi connectivity index (χ2n) is 5.11. The van der Waals surface area contributed by atoms with Crippen LogP contribution in [0.15, 0.2) is 24.3 Å². The first-order chi connectivity index (χ1) is 7.03. The second-order valence-corrected chi connectivity index (χ2v) is 5.11. The highest BCUT2D eigenvalue weighted by Crippen LogP contribution is 2.17. The summed E-state index contributed by atoms with van der Waals surface area (Å²) in [7, 11) is 0. The molecule has 1 rings (SSSR count). The average molecular weight is 205 g/mol. The lowest BCUT2D eigenvalue weighted by molar-refractivity contribution is 0.327. The lowest BCUT2D eigenvalue weighted by Gasteiger charge is -2.22. The van der Waals surface area contributed by atoms with E-state index in [9.17, 15) is 0 Å². The molecule has 0 aliphatic rings. The highest BCUT2D eigenvalue weighted by Gasteiger charge is 2.13. The van der Waals surface area contributed by atoms with Crippen LogP contribution in [0.2, 0.25) is 0 Å². The van der Waals surface area contributed by atoms with Gasteiger partial charge in [-0.1, -0.05) is 50.6 Å². The van der Waals surface area contributed by atoms with E-state index in [0.29, 0.717) is 5.41 Å². The summed E-state index contributed by atoms with van der Waals surface area (Å²) in [5.74, 6) is 0. The number of rotatable bonds is 5. The van der Waals surface area contributed by atoms with Crippen LogP contribution in [0, 0.1) is 12.3 Å². The summed E-state index contributed by atoms with van der Waals surface area (Å²) in [5.41, 5.74) is 3.10. The Morgan fingerprint density at radius 3 is 2.27 bits per heavy atom. The molecule has 0 unspecified atom stereocenters. The van der Waals surface area contributed by atoms with Gasteiger partial charge in [-0.2, -0.15) is 0 Å². The molecule has 0 atom stereocenters. The molecule has 15 heavy (non-hydrogen) atoms. The maximum absolute atomic E-state index is 3.51. The van der Waals surface area contributed by atoms with Gasteiger partial charge in [-0.3, -0.25) is 0 Å². The standard InChI is InChI=1S/C14H23N/c1-5-14(3,4)11-15-10-13-8-6-12(2)7-9-13/h6-9,15H,5,10-11H2,1-4H3. The summed E-state index contributed by atoms with van der Waals surface area (Å²) in [6, 6.07) is 8.73. The molecule has 1 heteroatoms. The minimum Gasteiger partial charge on any atom is -0.312 e. The molecule has 0 aliphatic heterocycles. The fraction of sp³-hybridized carbons (Fsp3) is 0.571. The molecular weight excluding hydrogens is 182 g/mol. The zero-order valence-corrected chi connectivity index (χ0v) is 10.4. The maximum atomic E-state index is 3.51. The van der Waals surface area contributed by atoms with Gasteiger partial charge in [0.15, 0.2) is 0 Å². The first-order valence-electron chi connectivity index (χ1n) is 5.80. The smallest absolute Gasteiger partial charge is 0.0205 e. The molecule has 0 bridgehead atoms. The summed E-state index contributed by atoms with van der Waals surface area (Å²) < 4.78 is 0. The minimum absolute atomic E-state index is 0.407. The van der Waals surface area contributed by atoms with Crippen molar-refractivity contribution in [3.63, 3.8) is 0 Å². The molecule has 0 fully saturated rings. The van der Waals surface area contributed by atoms with Gasteiger partial charge in [0, 0.05) is 13.1 Å². The second kappa shape index (κ2) is 5.32. The van der Waals surface area contributed by atoms with Crippen LogP contribution in [0.1, 0.15) is 38.3 Å². The van der Waals surface area contributed by atoms with Gasteiger partial charge >= 0.3 is 0 Å². The van der Waals surface area contributed by atoms with Gasteiger partial charge in [-0.05, 0) is 24.3 Å². The Bertz CT molecular complexity index is 285. The number of benzene rings is 1. The van der Waals surface area contributed by atoms with Crippen LogP contribution in [0.3, 0.4) is 0 Å². The van der Waals surface area contributed by atoms with Crippen LogP contribution >= 0.6 is 0 Å². The van der Waals surface area contributed by atoms with Crippen molar-refractivity contribution in [2.24, 2.45) is 5.41 Å². The Kier molecular flexibility index (Phi) is 4.34. The van der Waals surface area contributed by atoms with Crippen molar-refractivity contribution >= 4 is 0 Å². The molecule has 0 aliphatic carbocycles. The van der Waals surface area contributed by atoms with Gasteiger partial charge in [0.25, 0.3) is 0 Å². The van der Waals surface area contributed by atoms with E-state index in [0.717, 1.165) is 13.1 Å². The summed E-state index contributed by atoms with van der Waals surface area (Å²) in [6.45, 7) is 11.0. The van der Waals surface area contributed by atoms with E-state index in [1.165, 1.54) is 17.5 Å². The predicted molar refractivity (Wildman–Crippen MR) is 67.0 cm³/mol. The van der Waals surface area contributed by atoms with Crippen LogP contribution in [-0.4, -0.2) is 6.54 Å². The van der Waals surface area contributed by atoms with Crippen molar-refractivity contribution in [2.45, 2.75) is 40.7 Å². The third-order valence-corrected chi connectivity index (χ3v) is 3.01. The molecule has 1 aromatic rings. The predicted octanol–water partition coefficient (Wildman–Crippen LogP) is 3.52. The molecule has 1 N–H and O–H groups in total. The number of hydrogen-bond acceptors (Lipinski definition) is 1. The minimum atomic E-state index is 0.407. The Balaban J connectivity index is 2.35. The molecule has 0 heterocycles. The highest BCUT2D eigenvalue weighted by molar-refractivity contribution is 5.21. The van der Waals surface area contributed by atoms with Gasteiger partial charge in [-0.15, -0.1) is 0 Å². The van der Waals surface area contributed by atoms with Gasteiger partial charge < -0.3 is 5.32 Å². The first kappa shape index (κ1) is 12.3. The van der Waals surface area contributed by atoms with E-state index >= 15 is 0 Å². The third-order valence-electron chi connectivity index (χ3n) is 3.01. The van der Waals surface area contributed by atoms with Crippen molar-refractivity contribution in [2.75, 3.05) is 6.54 Å². The summed E-state index contributed by atoms with van der Waals surface area (Å²) in [6.07, 6.45) is 1.22. The lowest BCUT2D eigenvalue weighted by atomic mass is 9.90. The Labute approximate surface area is 93.9 Å². The Hall–Kier alpha value is -0.820. The molecule has 0 spiro atoms. The first-order valence-corrected chi connectivity index (χ1v) is 5.80. The van der Waals surface area contributed by atoms with Gasteiger partial charge in [0.2, 0.25) is 0 Å². The van der Waals surface area contributed by atoms with Crippen LogP contribution in [0.25, 0.3) is 0 Å². The van der Waals surface area contributed by atoms with Gasteiger partial charge in [0.1, 0.15) is 0 Å².